The van der Waals surface area contributed by atoms with Crippen LogP contribution in [0.3, 0.4) is 0 Å². The molecule has 7 heteroatoms. The first-order chi connectivity index (χ1) is 17.1. The molecule has 6 nitrogen and oxygen atoms in total. The predicted molar refractivity (Wildman–Crippen MR) is 142 cm³/mol. The molecule has 0 aliphatic heterocycles. The van der Waals surface area contributed by atoms with Crippen molar-refractivity contribution in [1.82, 2.24) is 5.43 Å². The van der Waals surface area contributed by atoms with Crippen molar-refractivity contribution in [2.45, 2.75) is 13.5 Å². The number of rotatable bonds is 9. The van der Waals surface area contributed by atoms with Gasteiger partial charge in [0.1, 0.15) is 12.4 Å². The molecule has 1 N–H and O–H groups in total. The Kier molecular flexibility index (Phi) is 8.00. The molecule has 4 rings (SSSR count). The Balaban J connectivity index is 1.44. The average Bonchev–Trinajstić information content (AvgIpc) is 2.88. The minimum absolute atomic E-state index is 0.314. The summed E-state index contributed by atoms with van der Waals surface area (Å²) >= 11 is 3.57. The first-order valence-electron chi connectivity index (χ1n) is 11.1. The zero-order chi connectivity index (χ0) is 24.6. The topological polar surface area (TPSA) is 69.2 Å². The molecule has 0 heterocycles. The molecule has 0 aromatic heterocycles. The van der Waals surface area contributed by atoms with Crippen LogP contribution in [0, 0.1) is 0 Å². The number of benzene rings is 4. The van der Waals surface area contributed by atoms with Crippen molar-refractivity contribution >= 4 is 38.8 Å². The van der Waals surface area contributed by atoms with E-state index in [1.54, 1.807) is 43.7 Å². The fourth-order valence-electron chi connectivity index (χ4n) is 3.62. The smallest absolute Gasteiger partial charge is 0.271 e. The molecule has 35 heavy (non-hydrogen) atoms. The summed E-state index contributed by atoms with van der Waals surface area (Å²) in [6, 6.07) is 24.9. The Hall–Kier alpha value is -3.84. The van der Waals surface area contributed by atoms with Crippen molar-refractivity contribution in [2.75, 3.05) is 13.7 Å². The highest BCUT2D eigenvalue weighted by atomic mass is 79.9. The second kappa shape index (κ2) is 11.5. The Morgan fingerprint density at radius 2 is 1.77 bits per heavy atom. The molecule has 0 atom stereocenters. The number of nitrogens with zero attached hydrogens (tertiary/aromatic N) is 1. The lowest BCUT2D eigenvalue weighted by Gasteiger charge is -2.14. The quantitative estimate of drug-likeness (QED) is 0.201. The van der Waals surface area contributed by atoms with Crippen molar-refractivity contribution in [1.29, 1.82) is 0 Å². The number of hydrazone groups is 1. The van der Waals surface area contributed by atoms with Crippen LogP contribution >= 0.6 is 15.9 Å². The Labute approximate surface area is 212 Å². The molecule has 0 saturated heterocycles. The van der Waals surface area contributed by atoms with Gasteiger partial charge in [0.05, 0.1) is 24.4 Å². The normalized spacial score (nSPS) is 10.9. The number of hydrogen-bond acceptors (Lipinski definition) is 5. The van der Waals surface area contributed by atoms with E-state index >= 15 is 0 Å². The zero-order valence-corrected chi connectivity index (χ0v) is 21.0. The average molecular weight is 533 g/mol. The van der Waals surface area contributed by atoms with Crippen molar-refractivity contribution in [3.8, 4) is 17.2 Å². The number of ether oxygens (including phenoxy) is 3. The number of nitrogens with one attached hydrogen (secondary N) is 1. The van der Waals surface area contributed by atoms with Crippen molar-refractivity contribution < 1.29 is 19.0 Å². The third-order valence-electron chi connectivity index (χ3n) is 5.31. The molecule has 0 aliphatic rings. The van der Waals surface area contributed by atoms with Crippen molar-refractivity contribution in [3.05, 3.63) is 100 Å². The molecule has 4 aromatic carbocycles. The third-order valence-corrected chi connectivity index (χ3v) is 5.90. The minimum Gasteiger partial charge on any atom is -0.494 e. The number of fused-ring (bicyclic) bond motifs is 1. The lowest BCUT2D eigenvalue weighted by molar-refractivity contribution is 0.0955. The van der Waals surface area contributed by atoms with E-state index in [1.165, 1.54) is 5.39 Å². The molecule has 0 radical (unpaired) electrons. The van der Waals surface area contributed by atoms with Crippen LogP contribution in [0.25, 0.3) is 10.8 Å². The second-order valence-electron chi connectivity index (χ2n) is 7.62. The van der Waals surface area contributed by atoms with Crippen molar-refractivity contribution in [3.63, 3.8) is 0 Å². The molecule has 0 bridgehead atoms. The highest BCUT2D eigenvalue weighted by molar-refractivity contribution is 9.10. The molecule has 0 fully saturated rings. The minimum atomic E-state index is -0.314. The summed E-state index contributed by atoms with van der Waals surface area (Å²) in [5, 5.41) is 6.39. The number of amides is 1. The zero-order valence-electron chi connectivity index (χ0n) is 19.5. The van der Waals surface area contributed by atoms with E-state index in [2.05, 4.69) is 50.7 Å². The third kappa shape index (κ3) is 6.00. The summed E-state index contributed by atoms with van der Waals surface area (Å²) in [4.78, 5) is 12.3. The summed E-state index contributed by atoms with van der Waals surface area (Å²) in [6.45, 7) is 2.87. The SMILES string of the molecule is CCOc1ccc(C(=O)N/N=C/c2cc(Br)c(OCc3cccc4ccccc34)c(OC)c2)cc1. The largest absolute Gasteiger partial charge is 0.494 e. The van der Waals surface area contributed by atoms with E-state index in [4.69, 9.17) is 14.2 Å². The summed E-state index contributed by atoms with van der Waals surface area (Å²) in [5.74, 6) is 1.55. The van der Waals surface area contributed by atoms with E-state index in [0.29, 0.717) is 36.0 Å². The van der Waals surface area contributed by atoms with Gasteiger partial charge in [-0.1, -0.05) is 42.5 Å². The van der Waals surface area contributed by atoms with E-state index in [0.717, 1.165) is 21.0 Å². The highest BCUT2D eigenvalue weighted by Crippen LogP contribution is 2.37. The van der Waals surface area contributed by atoms with Gasteiger partial charge >= 0.3 is 0 Å². The predicted octanol–water partition coefficient (Wildman–Crippen LogP) is 6.35. The molecule has 0 aliphatic carbocycles. The monoisotopic (exact) mass is 532 g/mol. The first-order valence-corrected chi connectivity index (χ1v) is 11.9. The van der Waals surface area contributed by atoms with Crippen LogP contribution < -0.4 is 19.6 Å². The maximum Gasteiger partial charge on any atom is 0.271 e. The molecule has 4 aromatic rings. The Morgan fingerprint density at radius 1 is 1.00 bits per heavy atom. The van der Waals surface area contributed by atoms with Crippen LogP contribution in [-0.4, -0.2) is 25.8 Å². The maximum atomic E-state index is 12.3. The summed E-state index contributed by atoms with van der Waals surface area (Å²) < 4.78 is 17.8. The summed E-state index contributed by atoms with van der Waals surface area (Å²) in [6.07, 6.45) is 1.55. The van der Waals surface area contributed by atoms with Crippen LogP contribution in [0.2, 0.25) is 0 Å². The summed E-state index contributed by atoms with van der Waals surface area (Å²) in [5.41, 5.74) is 4.84. The second-order valence-corrected chi connectivity index (χ2v) is 8.47. The number of carbonyl (C=O) groups excluding carboxylic acids is 1. The van der Waals surface area contributed by atoms with Gasteiger partial charge < -0.3 is 14.2 Å². The number of halogens is 1. The molecule has 1 amide bonds. The van der Waals surface area contributed by atoms with Gasteiger partial charge in [0.2, 0.25) is 0 Å². The standard InChI is InChI=1S/C28H25BrN2O4/c1-3-34-23-13-11-21(12-14-23)28(32)31-30-17-19-15-25(29)27(26(16-19)33-2)35-18-22-9-6-8-20-7-4-5-10-24(20)22/h4-17H,3,18H2,1-2H3,(H,31,32)/b30-17+. The van der Waals surface area contributed by atoms with Crippen LogP contribution in [0.4, 0.5) is 0 Å². The van der Waals surface area contributed by atoms with Gasteiger partial charge in [0.25, 0.3) is 5.91 Å². The summed E-state index contributed by atoms with van der Waals surface area (Å²) in [7, 11) is 1.58. The van der Waals surface area contributed by atoms with Gasteiger partial charge in [0, 0.05) is 5.56 Å². The van der Waals surface area contributed by atoms with Gasteiger partial charge in [-0.3, -0.25) is 4.79 Å². The fourth-order valence-corrected chi connectivity index (χ4v) is 4.20. The van der Waals surface area contributed by atoms with E-state index in [9.17, 15) is 4.79 Å². The fraction of sp³-hybridized carbons (Fsp3) is 0.143. The van der Waals surface area contributed by atoms with Gasteiger partial charge in [0.15, 0.2) is 11.5 Å². The Morgan fingerprint density at radius 3 is 2.54 bits per heavy atom. The van der Waals surface area contributed by atoms with E-state index in [-0.39, 0.29) is 5.91 Å². The van der Waals surface area contributed by atoms with Gasteiger partial charge in [-0.25, -0.2) is 5.43 Å². The number of hydrogen-bond donors (Lipinski definition) is 1. The molecule has 0 saturated carbocycles. The number of carbonyl (C=O) groups is 1. The van der Waals surface area contributed by atoms with Gasteiger partial charge in [-0.05, 0) is 81.2 Å². The van der Waals surface area contributed by atoms with Crippen LogP contribution in [0.1, 0.15) is 28.4 Å². The lowest BCUT2D eigenvalue weighted by atomic mass is 10.1. The first kappa shape index (κ1) is 24.3. The lowest BCUT2D eigenvalue weighted by Crippen LogP contribution is -2.17. The molecule has 0 spiro atoms. The van der Waals surface area contributed by atoms with E-state index in [1.807, 2.05) is 31.2 Å². The van der Waals surface area contributed by atoms with Gasteiger partial charge in [-0.2, -0.15) is 5.10 Å². The molecule has 178 valence electrons. The molecular weight excluding hydrogens is 508 g/mol. The number of methoxy groups -OCH3 is 1. The highest BCUT2D eigenvalue weighted by Gasteiger charge is 2.13. The van der Waals surface area contributed by atoms with E-state index < -0.39 is 0 Å². The van der Waals surface area contributed by atoms with Crippen LogP contribution in [0.15, 0.2) is 88.4 Å². The Bertz CT molecular complexity index is 1350. The molecule has 0 unspecified atom stereocenters. The van der Waals surface area contributed by atoms with Gasteiger partial charge in [-0.15, -0.1) is 0 Å². The molecular formula is C28H25BrN2O4. The van der Waals surface area contributed by atoms with Crippen LogP contribution in [0.5, 0.6) is 17.2 Å². The van der Waals surface area contributed by atoms with Crippen molar-refractivity contribution in [2.24, 2.45) is 5.10 Å². The van der Waals surface area contributed by atoms with Crippen LogP contribution in [-0.2, 0) is 6.61 Å². The maximum absolute atomic E-state index is 12.3.